The van der Waals surface area contributed by atoms with E-state index in [4.69, 9.17) is 4.42 Å². The third-order valence-electron chi connectivity index (χ3n) is 5.50. The summed E-state index contributed by atoms with van der Waals surface area (Å²) in [4.78, 5) is 27.1. The Morgan fingerprint density at radius 1 is 1.43 bits per heavy atom. The zero-order valence-corrected chi connectivity index (χ0v) is 17.1. The number of fused-ring (bicyclic) bond motifs is 3. The van der Waals surface area contributed by atoms with E-state index in [1.54, 1.807) is 29.7 Å². The number of aryl methyl sites for hydroxylation is 1. The average Bonchev–Trinajstić information content (AvgIpc) is 3.28. The molecule has 0 fully saturated rings. The Morgan fingerprint density at radius 2 is 2.25 bits per heavy atom. The molecule has 4 rings (SSSR count). The van der Waals surface area contributed by atoms with Crippen LogP contribution in [0, 0.1) is 11.3 Å². The molecule has 0 unspecified atom stereocenters. The number of hydrogen-bond acceptors (Lipinski definition) is 6. The van der Waals surface area contributed by atoms with Crippen LogP contribution in [-0.4, -0.2) is 20.9 Å². The summed E-state index contributed by atoms with van der Waals surface area (Å²) in [5, 5.41) is 11.6. The summed E-state index contributed by atoms with van der Waals surface area (Å²) in [5.41, 5.74) is 1.11. The molecule has 3 aromatic heterocycles. The number of nitrogens with zero attached hydrogens (tertiary/aromatic N) is 3. The SMILES string of the molecule is CC(C)(C)[C@H]1CCc2c(sc3nnn(CC(=O)NCc4ccco4)c(=O)c23)C1. The Kier molecular flexibility index (Phi) is 4.82. The van der Waals surface area contributed by atoms with E-state index in [1.165, 1.54) is 4.88 Å². The van der Waals surface area contributed by atoms with Gasteiger partial charge in [-0.25, -0.2) is 4.68 Å². The second-order valence-electron chi connectivity index (χ2n) is 8.40. The zero-order chi connectivity index (χ0) is 19.9. The van der Waals surface area contributed by atoms with Crippen molar-refractivity contribution in [2.45, 2.75) is 53.1 Å². The summed E-state index contributed by atoms with van der Waals surface area (Å²) in [6.45, 7) is 6.92. The molecule has 0 spiro atoms. The van der Waals surface area contributed by atoms with E-state index in [9.17, 15) is 9.59 Å². The van der Waals surface area contributed by atoms with Gasteiger partial charge < -0.3 is 9.73 Å². The molecule has 1 aliphatic rings. The predicted molar refractivity (Wildman–Crippen MR) is 107 cm³/mol. The molecule has 8 heteroatoms. The molecule has 0 radical (unpaired) electrons. The molecular formula is C20H24N4O3S. The van der Waals surface area contributed by atoms with E-state index in [1.807, 2.05) is 0 Å². The fourth-order valence-corrected chi connectivity index (χ4v) is 5.00. The maximum atomic E-state index is 13.0. The monoisotopic (exact) mass is 400 g/mol. The van der Waals surface area contributed by atoms with Crippen LogP contribution in [0.1, 0.15) is 43.4 Å². The fourth-order valence-electron chi connectivity index (χ4n) is 3.76. The molecule has 1 amide bonds. The smallest absolute Gasteiger partial charge is 0.279 e. The lowest BCUT2D eigenvalue weighted by molar-refractivity contribution is -0.122. The summed E-state index contributed by atoms with van der Waals surface area (Å²) in [5.74, 6) is 0.946. The summed E-state index contributed by atoms with van der Waals surface area (Å²) in [6, 6.07) is 3.54. The van der Waals surface area contributed by atoms with E-state index in [-0.39, 0.29) is 30.0 Å². The molecule has 1 N–H and O–H groups in total. The number of furan rings is 1. The van der Waals surface area contributed by atoms with Crippen LogP contribution in [0.4, 0.5) is 0 Å². The van der Waals surface area contributed by atoms with Crippen molar-refractivity contribution in [2.24, 2.45) is 11.3 Å². The minimum absolute atomic E-state index is 0.155. The van der Waals surface area contributed by atoms with Crippen LogP contribution in [-0.2, 0) is 30.7 Å². The van der Waals surface area contributed by atoms with Crippen molar-refractivity contribution in [3.63, 3.8) is 0 Å². The first-order valence-electron chi connectivity index (χ1n) is 9.50. The van der Waals surface area contributed by atoms with Crippen molar-refractivity contribution in [2.75, 3.05) is 0 Å². The maximum absolute atomic E-state index is 13.0. The normalized spacial score (nSPS) is 16.9. The van der Waals surface area contributed by atoms with Crippen molar-refractivity contribution >= 4 is 27.5 Å². The molecule has 1 aliphatic carbocycles. The first-order chi connectivity index (χ1) is 13.3. The van der Waals surface area contributed by atoms with Gasteiger partial charge in [-0.2, -0.15) is 0 Å². The highest BCUT2D eigenvalue weighted by atomic mass is 32.1. The summed E-state index contributed by atoms with van der Waals surface area (Å²) in [6.07, 6.45) is 4.47. The van der Waals surface area contributed by atoms with Crippen molar-refractivity contribution < 1.29 is 9.21 Å². The van der Waals surface area contributed by atoms with Gasteiger partial charge in [0, 0.05) is 4.88 Å². The second-order valence-corrected chi connectivity index (χ2v) is 9.48. The van der Waals surface area contributed by atoms with E-state index in [0.717, 1.165) is 29.5 Å². The number of carbonyl (C=O) groups excluding carboxylic acids is 1. The van der Waals surface area contributed by atoms with Crippen molar-refractivity contribution in [3.05, 3.63) is 45.0 Å². The van der Waals surface area contributed by atoms with Gasteiger partial charge in [0.05, 0.1) is 18.2 Å². The minimum atomic E-state index is -0.302. The van der Waals surface area contributed by atoms with Crippen molar-refractivity contribution in [1.29, 1.82) is 0 Å². The van der Waals surface area contributed by atoms with Gasteiger partial charge in [-0.05, 0) is 48.3 Å². The molecule has 3 heterocycles. The standard InChI is InChI=1S/C20H24N4O3S/c1-20(2,3)12-6-7-14-15(9-12)28-18-17(14)19(26)24(23-22-18)11-16(25)21-10-13-5-4-8-27-13/h4-5,8,12H,6-7,9-11H2,1-3H3,(H,21,25)/t12-/m0/s1. The van der Waals surface area contributed by atoms with Crippen molar-refractivity contribution in [3.8, 4) is 0 Å². The first-order valence-corrected chi connectivity index (χ1v) is 10.3. The van der Waals surface area contributed by atoms with Gasteiger partial charge in [-0.3, -0.25) is 9.59 Å². The van der Waals surface area contributed by atoms with Gasteiger partial charge in [0.1, 0.15) is 12.3 Å². The van der Waals surface area contributed by atoms with Crippen LogP contribution in [0.5, 0.6) is 0 Å². The Bertz CT molecular complexity index is 1060. The second kappa shape index (κ2) is 7.16. The number of carbonyl (C=O) groups is 1. The molecule has 3 aromatic rings. The zero-order valence-electron chi connectivity index (χ0n) is 16.3. The third kappa shape index (κ3) is 3.61. The lowest BCUT2D eigenvalue weighted by atomic mass is 9.72. The fraction of sp³-hybridized carbons (Fsp3) is 0.500. The van der Waals surface area contributed by atoms with Gasteiger partial charge >= 0.3 is 0 Å². The van der Waals surface area contributed by atoms with Crippen LogP contribution >= 0.6 is 11.3 Å². The van der Waals surface area contributed by atoms with Gasteiger partial charge in [0.2, 0.25) is 5.91 Å². The summed E-state index contributed by atoms with van der Waals surface area (Å²) >= 11 is 1.57. The maximum Gasteiger partial charge on any atom is 0.279 e. The highest BCUT2D eigenvalue weighted by Gasteiger charge is 2.32. The number of thiophene rings is 1. The van der Waals surface area contributed by atoms with Gasteiger partial charge in [0.15, 0.2) is 4.83 Å². The molecule has 0 aromatic carbocycles. The highest BCUT2D eigenvalue weighted by molar-refractivity contribution is 7.18. The van der Waals surface area contributed by atoms with E-state index < -0.39 is 0 Å². The van der Waals surface area contributed by atoms with Gasteiger partial charge in [-0.1, -0.05) is 26.0 Å². The first kappa shape index (κ1) is 18.9. The van der Waals surface area contributed by atoms with Crippen LogP contribution in [0.15, 0.2) is 27.6 Å². The molecular weight excluding hydrogens is 376 g/mol. The van der Waals surface area contributed by atoms with E-state index in [0.29, 0.717) is 21.9 Å². The van der Waals surface area contributed by atoms with Crippen molar-refractivity contribution in [1.82, 2.24) is 20.3 Å². The average molecular weight is 401 g/mol. The third-order valence-corrected chi connectivity index (χ3v) is 6.64. The quantitative estimate of drug-likeness (QED) is 0.727. The number of nitrogens with one attached hydrogen (secondary N) is 1. The lowest BCUT2D eigenvalue weighted by Crippen LogP contribution is -2.34. The van der Waals surface area contributed by atoms with Gasteiger partial charge in [-0.15, -0.1) is 16.4 Å². The summed E-state index contributed by atoms with van der Waals surface area (Å²) < 4.78 is 6.35. The highest BCUT2D eigenvalue weighted by Crippen LogP contribution is 2.41. The number of amides is 1. The molecule has 148 valence electrons. The molecule has 0 saturated carbocycles. The Labute approximate surface area is 166 Å². The molecule has 0 aliphatic heterocycles. The number of rotatable bonds is 4. The van der Waals surface area contributed by atoms with Crippen LogP contribution < -0.4 is 10.9 Å². The molecule has 28 heavy (non-hydrogen) atoms. The topological polar surface area (TPSA) is 90.0 Å². The Morgan fingerprint density at radius 3 is 2.96 bits per heavy atom. The summed E-state index contributed by atoms with van der Waals surface area (Å²) in [7, 11) is 0. The van der Waals surface area contributed by atoms with Crippen LogP contribution in [0.25, 0.3) is 10.2 Å². The van der Waals surface area contributed by atoms with E-state index >= 15 is 0 Å². The largest absolute Gasteiger partial charge is 0.467 e. The molecule has 0 bridgehead atoms. The molecule has 1 atom stereocenters. The van der Waals surface area contributed by atoms with E-state index in [2.05, 4.69) is 36.4 Å². The lowest BCUT2D eigenvalue weighted by Gasteiger charge is -2.33. The minimum Gasteiger partial charge on any atom is -0.467 e. The van der Waals surface area contributed by atoms with Crippen LogP contribution in [0.2, 0.25) is 0 Å². The number of aromatic nitrogens is 3. The Balaban J connectivity index is 1.56. The molecule has 0 saturated heterocycles. The number of hydrogen-bond donors (Lipinski definition) is 1. The van der Waals surface area contributed by atoms with Crippen LogP contribution in [0.3, 0.4) is 0 Å². The molecule has 7 nitrogen and oxygen atoms in total. The Hall–Kier alpha value is -2.48. The van der Waals surface area contributed by atoms with Gasteiger partial charge in [0.25, 0.3) is 5.56 Å². The predicted octanol–water partition coefficient (Wildman–Crippen LogP) is 2.91.